The highest BCUT2D eigenvalue weighted by molar-refractivity contribution is 7.19. The highest BCUT2D eigenvalue weighted by atomic mass is 32.1. The van der Waals surface area contributed by atoms with Crippen LogP contribution >= 0.6 is 11.3 Å². The van der Waals surface area contributed by atoms with E-state index in [9.17, 15) is 0 Å². The van der Waals surface area contributed by atoms with E-state index >= 15 is 0 Å². The predicted molar refractivity (Wildman–Crippen MR) is 98.6 cm³/mol. The van der Waals surface area contributed by atoms with Crippen molar-refractivity contribution in [1.29, 1.82) is 5.26 Å². The second-order valence-corrected chi connectivity index (χ2v) is 7.04. The summed E-state index contributed by atoms with van der Waals surface area (Å²) in [5.41, 5.74) is 4.44. The van der Waals surface area contributed by atoms with E-state index in [1.54, 1.807) is 11.3 Å². The van der Waals surface area contributed by atoms with Crippen molar-refractivity contribution in [2.24, 2.45) is 0 Å². The third kappa shape index (κ3) is 3.09. The van der Waals surface area contributed by atoms with Gasteiger partial charge in [-0.1, -0.05) is 30.3 Å². The van der Waals surface area contributed by atoms with E-state index in [1.807, 2.05) is 30.3 Å². The number of nitriles is 1. The zero-order valence-electron chi connectivity index (χ0n) is 13.3. The van der Waals surface area contributed by atoms with Crippen LogP contribution in [0.4, 0.5) is 0 Å². The van der Waals surface area contributed by atoms with Crippen LogP contribution < -0.4 is 0 Å². The molecule has 0 atom stereocenters. The van der Waals surface area contributed by atoms with Crippen molar-refractivity contribution in [3.63, 3.8) is 0 Å². The molecule has 24 heavy (non-hydrogen) atoms. The van der Waals surface area contributed by atoms with Crippen molar-refractivity contribution < 1.29 is 0 Å². The molecule has 0 bridgehead atoms. The SMILES string of the molecule is N#Cc1ccc(CN2CC=C(c3nc4ccccc4s3)CC2)cc1. The fourth-order valence-electron chi connectivity index (χ4n) is 3.00. The zero-order chi connectivity index (χ0) is 16.4. The molecule has 1 aliphatic rings. The Kier molecular flexibility index (Phi) is 4.12. The average Bonchev–Trinajstić information content (AvgIpc) is 3.07. The summed E-state index contributed by atoms with van der Waals surface area (Å²) in [5, 5.41) is 10.0. The minimum absolute atomic E-state index is 0.718. The molecular formula is C20H17N3S. The number of hydrogen-bond acceptors (Lipinski definition) is 4. The van der Waals surface area contributed by atoms with Gasteiger partial charge in [-0.3, -0.25) is 4.90 Å². The van der Waals surface area contributed by atoms with Crippen molar-refractivity contribution in [3.05, 3.63) is 70.7 Å². The van der Waals surface area contributed by atoms with E-state index in [1.165, 1.54) is 15.8 Å². The van der Waals surface area contributed by atoms with Crippen molar-refractivity contribution in [3.8, 4) is 6.07 Å². The van der Waals surface area contributed by atoms with E-state index in [0.717, 1.165) is 42.1 Å². The summed E-state index contributed by atoms with van der Waals surface area (Å²) in [6, 6.07) is 18.4. The lowest BCUT2D eigenvalue weighted by atomic mass is 10.1. The molecule has 0 spiro atoms. The van der Waals surface area contributed by atoms with Gasteiger partial charge in [0.15, 0.2) is 0 Å². The average molecular weight is 331 g/mol. The summed E-state index contributed by atoms with van der Waals surface area (Å²) in [7, 11) is 0. The molecule has 0 saturated carbocycles. The number of rotatable bonds is 3. The second-order valence-electron chi connectivity index (χ2n) is 6.01. The van der Waals surface area contributed by atoms with Crippen LogP contribution in [0.15, 0.2) is 54.6 Å². The van der Waals surface area contributed by atoms with Gasteiger partial charge in [-0.25, -0.2) is 4.98 Å². The summed E-state index contributed by atoms with van der Waals surface area (Å²) in [4.78, 5) is 7.19. The van der Waals surface area contributed by atoms with E-state index in [-0.39, 0.29) is 0 Å². The van der Waals surface area contributed by atoms with Gasteiger partial charge in [0.25, 0.3) is 0 Å². The molecule has 0 radical (unpaired) electrons. The number of thiazole rings is 1. The Morgan fingerprint density at radius 2 is 1.96 bits per heavy atom. The summed E-state index contributed by atoms with van der Waals surface area (Å²) in [6.45, 7) is 2.92. The van der Waals surface area contributed by atoms with Gasteiger partial charge in [0.05, 0.1) is 21.8 Å². The van der Waals surface area contributed by atoms with E-state index in [0.29, 0.717) is 0 Å². The normalized spacial score (nSPS) is 15.2. The molecule has 4 rings (SSSR count). The van der Waals surface area contributed by atoms with Crippen molar-refractivity contribution >= 4 is 27.1 Å². The van der Waals surface area contributed by atoms with Gasteiger partial charge in [-0.05, 0) is 41.8 Å². The van der Waals surface area contributed by atoms with Gasteiger partial charge in [0.1, 0.15) is 5.01 Å². The van der Waals surface area contributed by atoms with E-state index in [4.69, 9.17) is 10.2 Å². The van der Waals surface area contributed by atoms with Gasteiger partial charge >= 0.3 is 0 Å². The molecule has 1 aliphatic heterocycles. The molecular weight excluding hydrogens is 314 g/mol. The quantitative estimate of drug-likeness (QED) is 0.711. The van der Waals surface area contributed by atoms with Crippen molar-refractivity contribution in [1.82, 2.24) is 9.88 Å². The van der Waals surface area contributed by atoms with E-state index < -0.39 is 0 Å². The lowest BCUT2D eigenvalue weighted by Gasteiger charge is -2.25. The third-order valence-corrected chi connectivity index (χ3v) is 5.46. The Labute approximate surface area is 145 Å². The number of para-hydroxylation sites is 1. The highest BCUT2D eigenvalue weighted by Gasteiger charge is 2.16. The summed E-state index contributed by atoms with van der Waals surface area (Å²) in [6.07, 6.45) is 3.35. The lowest BCUT2D eigenvalue weighted by Crippen LogP contribution is -2.27. The number of nitrogens with zero attached hydrogens (tertiary/aromatic N) is 3. The standard InChI is InChI=1S/C20H17N3S/c21-13-15-5-7-16(8-6-15)14-23-11-9-17(10-12-23)20-22-18-3-1-2-4-19(18)24-20/h1-9H,10-12,14H2. The molecule has 0 amide bonds. The number of fused-ring (bicyclic) bond motifs is 1. The number of aromatic nitrogens is 1. The fraction of sp³-hybridized carbons (Fsp3) is 0.200. The molecule has 2 heterocycles. The number of benzene rings is 2. The summed E-state index contributed by atoms with van der Waals surface area (Å²) in [5.74, 6) is 0. The van der Waals surface area contributed by atoms with Crippen LogP contribution in [0.3, 0.4) is 0 Å². The van der Waals surface area contributed by atoms with Gasteiger partial charge < -0.3 is 0 Å². The molecule has 0 saturated heterocycles. The minimum atomic E-state index is 0.718. The topological polar surface area (TPSA) is 39.9 Å². The smallest absolute Gasteiger partial charge is 0.120 e. The molecule has 0 aliphatic carbocycles. The van der Waals surface area contributed by atoms with Crippen LogP contribution in [0.1, 0.15) is 22.6 Å². The van der Waals surface area contributed by atoms with Crippen LogP contribution in [-0.2, 0) is 6.54 Å². The summed E-state index contributed by atoms with van der Waals surface area (Å²) < 4.78 is 1.26. The van der Waals surface area contributed by atoms with Crippen LogP contribution in [0.25, 0.3) is 15.8 Å². The highest BCUT2D eigenvalue weighted by Crippen LogP contribution is 2.30. The predicted octanol–water partition coefficient (Wildman–Crippen LogP) is 4.46. The molecule has 0 unspecified atom stereocenters. The van der Waals surface area contributed by atoms with Gasteiger partial charge in [-0.15, -0.1) is 11.3 Å². The third-order valence-electron chi connectivity index (χ3n) is 4.35. The molecule has 4 heteroatoms. The first-order valence-corrected chi connectivity index (χ1v) is 8.90. The van der Waals surface area contributed by atoms with Crippen LogP contribution in [-0.4, -0.2) is 23.0 Å². The Morgan fingerprint density at radius 3 is 2.67 bits per heavy atom. The second kappa shape index (κ2) is 6.56. The Bertz CT molecular complexity index is 898. The zero-order valence-corrected chi connectivity index (χ0v) is 14.1. The molecule has 0 N–H and O–H groups in total. The monoisotopic (exact) mass is 331 g/mol. The van der Waals surface area contributed by atoms with Crippen LogP contribution in [0, 0.1) is 11.3 Å². The molecule has 3 aromatic rings. The van der Waals surface area contributed by atoms with E-state index in [2.05, 4.69) is 35.2 Å². The maximum absolute atomic E-state index is 8.87. The van der Waals surface area contributed by atoms with Gasteiger partial charge in [0.2, 0.25) is 0 Å². The molecule has 118 valence electrons. The first-order valence-electron chi connectivity index (χ1n) is 8.08. The molecule has 3 nitrogen and oxygen atoms in total. The minimum Gasteiger partial charge on any atom is -0.295 e. The largest absolute Gasteiger partial charge is 0.295 e. The van der Waals surface area contributed by atoms with Crippen molar-refractivity contribution in [2.75, 3.05) is 13.1 Å². The number of hydrogen-bond donors (Lipinski definition) is 0. The Morgan fingerprint density at radius 1 is 1.12 bits per heavy atom. The molecule has 1 aromatic heterocycles. The Balaban J connectivity index is 1.45. The van der Waals surface area contributed by atoms with Crippen LogP contribution in [0.5, 0.6) is 0 Å². The Hall–Kier alpha value is -2.48. The summed E-state index contributed by atoms with van der Waals surface area (Å²) >= 11 is 1.78. The first kappa shape index (κ1) is 15.1. The fourth-order valence-corrected chi connectivity index (χ4v) is 4.04. The first-order chi connectivity index (χ1) is 11.8. The maximum Gasteiger partial charge on any atom is 0.120 e. The molecule has 2 aromatic carbocycles. The van der Waals surface area contributed by atoms with Crippen molar-refractivity contribution in [2.45, 2.75) is 13.0 Å². The van der Waals surface area contributed by atoms with Gasteiger partial charge in [0, 0.05) is 19.6 Å². The lowest BCUT2D eigenvalue weighted by molar-refractivity contribution is 0.294. The maximum atomic E-state index is 8.87. The van der Waals surface area contributed by atoms with Gasteiger partial charge in [-0.2, -0.15) is 5.26 Å². The molecule has 0 fully saturated rings. The van der Waals surface area contributed by atoms with Crippen LogP contribution in [0.2, 0.25) is 0 Å².